The van der Waals surface area contributed by atoms with Gasteiger partial charge in [0.2, 0.25) is 11.8 Å². The van der Waals surface area contributed by atoms with Crippen LogP contribution in [-0.4, -0.2) is 28.0 Å². The lowest BCUT2D eigenvalue weighted by Gasteiger charge is -2.11. The van der Waals surface area contributed by atoms with Crippen molar-refractivity contribution < 1.29 is 9.59 Å². The molecule has 0 radical (unpaired) electrons. The maximum Gasteiger partial charge on any atom is 0.226 e. The van der Waals surface area contributed by atoms with E-state index in [9.17, 15) is 9.59 Å². The second kappa shape index (κ2) is 9.50. The predicted octanol–water partition coefficient (Wildman–Crippen LogP) is 3.98. The van der Waals surface area contributed by atoms with Gasteiger partial charge in [-0.15, -0.1) is 0 Å². The van der Waals surface area contributed by atoms with Crippen molar-refractivity contribution in [3.63, 3.8) is 0 Å². The van der Waals surface area contributed by atoms with Gasteiger partial charge in [0.15, 0.2) is 5.16 Å². The first kappa shape index (κ1) is 20.9. The number of thioether (sulfide) groups is 1. The van der Waals surface area contributed by atoms with Gasteiger partial charge < -0.3 is 10.6 Å². The van der Waals surface area contributed by atoms with Crippen LogP contribution >= 0.6 is 11.8 Å². The van der Waals surface area contributed by atoms with Crippen LogP contribution < -0.4 is 10.6 Å². The minimum atomic E-state index is -0.102. The molecule has 0 aliphatic heterocycles. The molecular weight excluding hydrogens is 360 g/mol. The summed E-state index contributed by atoms with van der Waals surface area (Å²) in [5.74, 6) is -0.248. The highest BCUT2D eigenvalue weighted by atomic mass is 32.2. The Morgan fingerprint density at radius 2 is 1.67 bits per heavy atom. The number of carbonyl (C=O) groups is 2. The van der Waals surface area contributed by atoms with Crippen LogP contribution in [0.1, 0.15) is 37.2 Å². The minimum Gasteiger partial charge on any atom is -0.326 e. The van der Waals surface area contributed by atoms with Crippen LogP contribution in [0.25, 0.3) is 0 Å². The second-order valence-corrected chi connectivity index (χ2v) is 7.41. The first-order valence-electron chi connectivity index (χ1n) is 8.89. The third-order valence-electron chi connectivity index (χ3n) is 4.12. The molecule has 1 heterocycles. The average molecular weight is 387 g/mol. The van der Waals surface area contributed by atoms with Gasteiger partial charge in [0.05, 0.1) is 0 Å². The van der Waals surface area contributed by atoms with E-state index < -0.39 is 0 Å². The molecule has 0 saturated heterocycles. The molecule has 27 heavy (non-hydrogen) atoms. The lowest BCUT2D eigenvalue weighted by Crippen LogP contribution is -2.18. The summed E-state index contributed by atoms with van der Waals surface area (Å²) in [6.45, 7) is 7.56. The topological polar surface area (TPSA) is 84.0 Å². The monoisotopic (exact) mass is 386 g/mol. The van der Waals surface area contributed by atoms with E-state index in [4.69, 9.17) is 0 Å². The minimum absolute atomic E-state index is 0.0573. The molecule has 0 saturated carbocycles. The van der Waals surface area contributed by atoms with Gasteiger partial charge in [-0.2, -0.15) is 0 Å². The van der Waals surface area contributed by atoms with Crippen molar-refractivity contribution >= 4 is 35.0 Å². The number of anilines is 2. The summed E-state index contributed by atoms with van der Waals surface area (Å²) in [7, 11) is 0. The summed E-state index contributed by atoms with van der Waals surface area (Å²) in [5, 5.41) is 6.46. The highest BCUT2D eigenvalue weighted by Crippen LogP contribution is 2.19. The zero-order valence-corrected chi connectivity index (χ0v) is 17.2. The van der Waals surface area contributed by atoms with Crippen LogP contribution in [0.4, 0.5) is 11.4 Å². The Kier molecular flexibility index (Phi) is 7.36. The number of hydrogen-bond donors (Lipinski definition) is 2. The molecule has 2 rings (SSSR count). The van der Waals surface area contributed by atoms with Gasteiger partial charge >= 0.3 is 0 Å². The third-order valence-corrected chi connectivity index (χ3v) is 4.67. The smallest absolute Gasteiger partial charge is 0.226 e. The van der Waals surface area contributed by atoms with Crippen molar-refractivity contribution in [3.8, 4) is 0 Å². The molecule has 2 amide bonds. The summed E-state index contributed by atoms with van der Waals surface area (Å²) in [5.41, 5.74) is 4.17. The third kappa shape index (κ3) is 6.06. The molecule has 0 bridgehead atoms. The van der Waals surface area contributed by atoms with Crippen LogP contribution in [-0.2, 0) is 16.0 Å². The standard InChI is InChI=1S/C20H26N4O2S/c1-12(2)19(26)24-16-8-6-7-15(11-16)23-18(25)10-9-17-13(3)21-20(27-5)22-14(17)4/h6-8,11-12H,9-10H2,1-5H3,(H,23,25)(H,24,26). The van der Waals surface area contributed by atoms with E-state index in [1.54, 1.807) is 24.3 Å². The van der Waals surface area contributed by atoms with E-state index in [0.29, 0.717) is 24.2 Å². The fourth-order valence-corrected chi connectivity index (χ4v) is 3.04. The normalized spacial score (nSPS) is 10.7. The lowest BCUT2D eigenvalue weighted by molar-refractivity contribution is -0.119. The molecule has 1 aromatic carbocycles. The molecule has 0 fully saturated rings. The van der Waals surface area contributed by atoms with Crippen molar-refractivity contribution in [1.82, 2.24) is 9.97 Å². The number of nitrogens with zero attached hydrogens (tertiary/aromatic N) is 2. The van der Waals surface area contributed by atoms with Crippen molar-refractivity contribution in [2.24, 2.45) is 5.92 Å². The van der Waals surface area contributed by atoms with Gasteiger partial charge in [-0.05, 0) is 50.3 Å². The molecule has 0 atom stereocenters. The molecule has 0 aliphatic rings. The molecule has 2 N–H and O–H groups in total. The Hall–Kier alpha value is -2.41. The maximum atomic E-state index is 12.3. The molecule has 1 aromatic heterocycles. The number of hydrogen-bond acceptors (Lipinski definition) is 5. The fourth-order valence-electron chi connectivity index (χ4n) is 2.59. The predicted molar refractivity (Wildman–Crippen MR) is 110 cm³/mol. The fraction of sp³-hybridized carbons (Fsp3) is 0.400. The Balaban J connectivity index is 1.97. The van der Waals surface area contributed by atoms with Crippen LogP contribution in [0.2, 0.25) is 0 Å². The van der Waals surface area contributed by atoms with Gasteiger partial charge in [0.25, 0.3) is 0 Å². The summed E-state index contributed by atoms with van der Waals surface area (Å²) in [4.78, 5) is 33.0. The zero-order valence-electron chi connectivity index (χ0n) is 16.4. The second-order valence-electron chi connectivity index (χ2n) is 6.63. The number of aromatic nitrogens is 2. The molecule has 7 heteroatoms. The van der Waals surface area contributed by atoms with E-state index in [1.165, 1.54) is 11.8 Å². The van der Waals surface area contributed by atoms with Gasteiger partial charge in [-0.3, -0.25) is 9.59 Å². The van der Waals surface area contributed by atoms with Crippen LogP contribution in [0.3, 0.4) is 0 Å². The molecular formula is C20H26N4O2S. The van der Waals surface area contributed by atoms with Crippen LogP contribution in [0.5, 0.6) is 0 Å². The Labute approximate surface area is 164 Å². The molecule has 6 nitrogen and oxygen atoms in total. The van der Waals surface area contributed by atoms with E-state index in [0.717, 1.165) is 22.1 Å². The maximum absolute atomic E-state index is 12.3. The summed E-state index contributed by atoms with van der Waals surface area (Å²) < 4.78 is 0. The number of aryl methyl sites for hydroxylation is 2. The number of benzene rings is 1. The molecule has 0 unspecified atom stereocenters. The van der Waals surface area contributed by atoms with E-state index in [-0.39, 0.29) is 17.7 Å². The Morgan fingerprint density at radius 1 is 1.07 bits per heavy atom. The lowest BCUT2D eigenvalue weighted by atomic mass is 10.1. The highest BCUT2D eigenvalue weighted by Gasteiger charge is 2.12. The number of nitrogens with one attached hydrogen (secondary N) is 2. The van der Waals surface area contributed by atoms with E-state index in [1.807, 2.05) is 34.0 Å². The van der Waals surface area contributed by atoms with E-state index >= 15 is 0 Å². The van der Waals surface area contributed by atoms with Gasteiger partial charge in [-0.1, -0.05) is 31.7 Å². The van der Waals surface area contributed by atoms with Crippen molar-refractivity contribution in [3.05, 3.63) is 41.2 Å². The largest absolute Gasteiger partial charge is 0.326 e. The number of rotatable bonds is 7. The first-order valence-corrected chi connectivity index (χ1v) is 10.1. The zero-order chi connectivity index (χ0) is 20.0. The number of carbonyl (C=O) groups excluding carboxylic acids is 2. The highest BCUT2D eigenvalue weighted by molar-refractivity contribution is 7.98. The summed E-state index contributed by atoms with van der Waals surface area (Å²) in [6.07, 6.45) is 2.87. The quantitative estimate of drug-likeness (QED) is 0.555. The van der Waals surface area contributed by atoms with Gasteiger partial charge in [-0.25, -0.2) is 9.97 Å². The van der Waals surface area contributed by atoms with E-state index in [2.05, 4.69) is 20.6 Å². The van der Waals surface area contributed by atoms with Crippen LogP contribution in [0.15, 0.2) is 29.4 Å². The SMILES string of the molecule is CSc1nc(C)c(CCC(=O)Nc2cccc(NC(=O)C(C)C)c2)c(C)n1. The van der Waals surface area contributed by atoms with Crippen molar-refractivity contribution in [2.75, 3.05) is 16.9 Å². The molecule has 2 aromatic rings. The number of amides is 2. The molecule has 0 aliphatic carbocycles. The Morgan fingerprint density at radius 3 is 2.22 bits per heavy atom. The average Bonchev–Trinajstić information content (AvgIpc) is 2.60. The van der Waals surface area contributed by atoms with Gasteiger partial charge in [0, 0.05) is 35.1 Å². The Bertz CT molecular complexity index is 813. The molecule has 144 valence electrons. The summed E-state index contributed by atoms with van der Waals surface area (Å²) >= 11 is 1.51. The van der Waals surface area contributed by atoms with Crippen molar-refractivity contribution in [2.45, 2.75) is 45.7 Å². The first-order chi connectivity index (χ1) is 12.8. The van der Waals surface area contributed by atoms with Crippen molar-refractivity contribution in [1.29, 1.82) is 0 Å². The molecule has 0 spiro atoms. The van der Waals surface area contributed by atoms with Gasteiger partial charge in [0.1, 0.15) is 0 Å². The summed E-state index contributed by atoms with van der Waals surface area (Å²) in [6, 6.07) is 7.16. The van der Waals surface area contributed by atoms with Crippen LogP contribution in [0, 0.1) is 19.8 Å².